The van der Waals surface area contributed by atoms with Gasteiger partial charge in [-0.2, -0.15) is 0 Å². The summed E-state index contributed by atoms with van der Waals surface area (Å²) in [5, 5.41) is 3.20. The Kier molecular flexibility index (Phi) is 6.32. The molecule has 1 fully saturated rings. The maximum absolute atomic E-state index is 12.7. The zero-order valence-electron chi connectivity index (χ0n) is 18.0. The van der Waals surface area contributed by atoms with Gasteiger partial charge in [-0.05, 0) is 48.5 Å². The zero-order valence-corrected chi connectivity index (χ0v) is 18.8. The topological polar surface area (TPSA) is 97.7 Å². The molecule has 1 N–H and O–H groups in total. The van der Waals surface area contributed by atoms with E-state index in [1.54, 1.807) is 16.8 Å². The zero-order chi connectivity index (χ0) is 23.5. The van der Waals surface area contributed by atoms with E-state index in [4.69, 9.17) is 0 Å². The number of ether oxygens (including phenoxy) is 1. The summed E-state index contributed by atoms with van der Waals surface area (Å²) in [5.74, 6) is -1.41. The Balaban J connectivity index is 1.60. The molecule has 8 nitrogen and oxygen atoms in total. The molecular formula is C24H21N3O5S. The maximum Gasteiger partial charge on any atom is 0.325 e. The van der Waals surface area contributed by atoms with Gasteiger partial charge >= 0.3 is 5.97 Å². The third kappa shape index (κ3) is 4.83. The summed E-state index contributed by atoms with van der Waals surface area (Å²) in [6, 6.07) is 15.0. The predicted molar refractivity (Wildman–Crippen MR) is 126 cm³/mol. The number of esters is 1. The highest BCUT2D eigenvalue weighted by Gasteiger charge is 2.36. The number of para-hydroxylation sites is 1. The molecular weight excluding hydrogens is 442 g/mol. The fourth-order valence-corrected chi connectivity index (χ4v) is 4.40. The van der Waals surface area contributed by atoms with E-state index in [0.717, 1.165) is 38.8 Å². The van der Waals surface area contributed by atoms with E-state index in [1.807, 2.05) is 55.5 Å². The van der Waals surface area contributed by atoms with Crippen LogP contribution in [0.3, 0.4) is 0 Å². The quantitative estimate of drug-likeness (QED) is 0.441. The van der Waals surface area contributed by atoms with Gasteiger partial charge in [0.05, 0.1) is 12.0 Å². The molecule has 33 heavy (non-hydrogen) atoms. The van der Waals surface area contributed by atoms with Crippen molar-refractivity contribution >= 4 is 57.5 Å². The number of hydrogen-bond acceptors (Lipinski definition) is 6. The molecule has 0 spiro atoms. The molecule has 2 heterocycles. The Bertz CT molecular complexity index is 1310. The lowest BCUT2D eigenvalue weighted by atomic mass is 10.1. The average Bonchev–Trinajstić information content (AvgIpc) is 3.25. The number of aryl methyl sites for hydroxylation is 1. The number of carbonyl (C=O) groups excluding carboxylic acids is 4. The Morgan fingerprint density at radius 1 is 1.09 bits per heavy atom. The predicted octanol–water partition coefficient (Wildman–Crippen LogP) is 3.80. The molecule has 1 aliphatic heterocycles. The SMILES string of the molecule is COC(=O)CN1C(=O)SC(=Cc2cn(CC(=O)Nc3cccc(C)c3)c3ccccc23)C1=O. The normalized spacial score (nSPS) is 14.8. The molecule has 4 rings (SSSR count). The first-order chi connectivity index (χ1) is 15.9. The number of methoxy groups -OCH3 is 1. The minimum atomic E-state index is -0.672. The third-order valence-corrected chi connectivity index (χ3v) is 6.02. The number of thioether (sulfide) groups is 1. The van der Waals surface area contributed by atoms with Crippen LogP contribution < -0.4 is 5.32 Å². The lowest BCUT2D eigenvalue weighted by molar-refractivity contribution is -0.143. The number of nitrogens with one attached hydrogen (secondary N) is 1. The molecule has 1 aliphatic rings. The van der Waals surface area contributed by atoms with E-state index in [0.29, 0.717) is 5.56 Å². The fourth-order valence-electron chi connectivity index (χ4n) is 3.57. The second-order valence-corrected chi connectivity index (χ2v) is 8.48. The van der Waals surface area contributed by atoms with Crippen molar-refractivity contribution in [2.45, 2.75) is 13.5 Å². The molecule has 0 bridgehead atoms. The second kappa shape index (κ2) is 9.33. The van der Waals surface area contributed by atoms with Crippen molar-refractivity contribution in [3.63, 3.8) is 0 Å². The molecule has 168 valence electrons. The standard InChI is InChI=1S/C24H21N3O5S/c1-15-6-5-7-17(10-15)25-21(28)13-26-12-16(18-8-3-4-9-19(18)26)11-20-23(30)27(24(31)33-20)14-22(29)32-2/h3-12H,13-14H2,1-2H3,(H,25,28). The van der Waals surface area contributed by atoms with Crippen LogP contribution in [0.4, 0.5) is 10.5 Å². The number of carbonyl (C=O) groups is 4. The van der Waals surface area contributed by atoms with E-state index in [2.05, 4.69) is 10.1 Å². The highest BCUT2D eigenvalue weighted by molar-refractivity contribution is 8.18. The first kappa shape index (κ1) is 22.3. The van der Waals surface area contributed by atoms with Gasteiger partial charge in [-0.1, -0.05) is 30.3 Å². The minimum Gasteiger partial charge on any atom is -0.468 e. The first-order valence-corrected chi connectivity index (χ1v) is 10.9. The number of fused-ring (bicyclic) bond motifs is 1. The molecule has 2 aromatic carbocycles. The van der Waals surface area contributed by atoms with Gasteiger partial charge in [-0.15, -0.1) is 0 Å². The van der Waals surface area contributed by atoms with Gasteiger partial charge in [0.1, 0.15) is 13.1 Å². The lowest BCUT2D eigenvalue weighted by Gasteiger charge is -2.09. The van der Waals surface area contributed by atoms with Crippen molar-refractivity contribution in [1.82, 2.24) is 9.47 Å². The van der Waals surface area contributed by atoms with Gasteiger partial charge in [0, 0.05) is 28.4 Å². The van der Waals surface area contributed by atoms with Gasteiger partial charge in [0.2, 0.25) is 5.91 Å². The summed E-state index contributed by atoms with van der Waals surface area (Å²) in [6.07, 6.45) is 3.38. The van der Waals surface area contributed by atoms with E-state index >= 15 is 0 Å². The fraction of sp³-hybridized carbons (Fsp3) is 0.167. The maximum atomic E-state index is 12.7. The number of anilines is 1. The Hall–Kier alpha value is -3.85. The Morgan fingerprint density at radius 3 is 2.64 bits per heavy atom. The number of amides is 3. The van der Waals surface area contributed by atoms with Crippen molar-refractivity contribution in [2.24, 2.45) is 0 Å². The summed E-state index contributed by atoms with van der Waals surface area (Å²) in [5.41, 5.74) is 3.27. The number of hydrogen-bond donors (Lipinski definition) is 1. The molecule has 9 heteroatoms. The molecule has 0 radical (unpaired) electrons. The Labute approximate surface area is 194 Å². The summed E-state index contributed by atoms with van der Waals surface area (Å²) < 4.78 is 6.35. The van der Waals surface area contributed by atoms with Crippen LogP contribution in [0.25, 0.3) is 17.0 Å². The number of benzene rings is 2. The van der Waals surface area contributed by atoms with Crippen LogP contribution >= 0.6 is 11.8 Å². The molecule has 3 aromatic rings. The summed E-state index contributed by atoms with van der Waals surface area (Å²) in [7, 11) is 1.20. The summed E-state index contributed by atoms with van der Waals surface area (Å²) >= 11 is 0.766. The van der Waals surface area contributed by atoms with Gasteiger partial charge in [-0.3, -0.25) is 24.1 Å². The molecule has 0 unspecified atom stereocenters. The highest BCUT2D eigenvalue weighted by Crippen LogP contribution is 2.34. The monoisotopic (exact) mass is 463 g/mol. The van der Waals surface area contributed by atoms with Crippen molar-refractivity contribution in [3.05, 3.63) is 70.8 Å². The number of aromatic nitrogens is 1. The van der Waals surface area contributed by atoms with E-state index < -0.39 is 23.7 Å². The van der Waals surface area contributed by atoms with Crippen LogP contribution in [0.5, 0.6) is 0 Å². The largest absolute Gasteiger partial charge is 0.468 e. The van der Waals surface area contributed by atoms with Crippen LogP contribution in [0, 0.1) is 6.92 Å². The van der Waals surface area contributed by atoms with Crippen molar-refractivity contribution in [1.29, 1.82) is 0 Å². The van der Waals surface area contributed by atoms with Gasteiger partial charge in [0.25, 0.3) is 11.1 Å². The van der Waals surface area contributed by atoms with Crippen LogP contribution in [0.2, 0.25) is 0 Å². The lowest BCUT2D eigenvalue weighted by Crippen LogP contribution is -2.34. The number of nitrogens with zero attached hydrogens (tertiary/aromatic N) is 2. The van der Waals surface area contributed by atoms with E-state index in [1.165, 1.54) is 7.11 Å². The summed E-state index contributed by atoms with van der Waals surface area (Å²) in [4.78, 5) is 50.1. The summed E-state index contributed by atoms with van der Waals surface area (Å²) in [6.45, 7) is 1.60. The van der Waals surface area contributed by atoms with Gasteiger partial charge < -0.3 is 14.6 Å². The average molecular weight is 464 g/mol. The van der Waals surface area contributed by atoms with Gasteiger partial charge in [-0.25, -0.2) is 0 Å². The van der Waals surface area contributed by atoms with Crippen molar-refractivity contribution in [3.8, 4) is 0 Å². The van der Waals surface area contributed by atoms with Crippen LogP contribution in [-0.4, -0.2) is 46.1 Å². The van der Waals surface area contributed by atoms with Crippen molar-refractivity contribution in [2.75, 3.05) is 19.0 Å². The first-order valence-electron chi connectivity index (χ1n) is 10.1. The van der Waals surface area contributed by atoms with Gasteiger partial charge in [0.15, 0.2) is 0 Å². The number of imide groups is 1. The second-order valence-electron chi connectivity index (χ2n) is 7.49. The van der Waals surface area contributed by atoms with Crippen molar-refractivity contribution < 1.29 is 23.9 Å². The van der Waals surface area contributed by atoms with Crippen LogP contribution in [0.1, 0.15) is 11.1 Å². The minimum absolute atomic E-state index is 0.0755. The third-order valence-electron chi connectivity index (χ3n) is 5.11. The molecule has 1 saturated heterocycles. The van der Waals surface area contributed by atoms with Crippen LogP contribution in [-0.2, 0) is 25.7 Å². The molecule has 3 amide bonds. The molecule has 0 atom stereocenters. The molecule has 1 aromatic heterocycles. The van der Waals surface area contributed by atoms with E-state index in [9.17, 15) is 19.2 Å². The Morgan fingerprint density at radius 2 is 1.88 bits per heavy atom. The number of rotatable bonds is 6. The van der Waals surface area contributed by atoms with Crippen LogP contribution in [0.15, 0.2) is 59.6 Å². The molecule has 0 saturated carbocycles. The molecule has 0 aliphatic carbocycles. The van der Waals surface area contributed by atoms with E-state index in [-0.39, 0.29) is 17.4 Å². The highest BCUT2D eigenvalue weighted by atomic mass is 32.2. The smallest absolute Gasteiger partial charge is 0.325 e.